The zero-order chi connectivity index (χ0) is 20.2. The molecule has 0 saturated carbocycles. The Labute approximate surface area is 168 Å². The Balaban J connectivity index is 1.33. The van der Waals surface area contributed by atoms with Crippen molar-refractivity contribution in [1.82, 2.24) is 24.6 Å². The van der Waals surface area contributed by atoms with Gasteiger partial charge in [-0.15, -0.1) is 0 Å². The fraction of sp³-hybridized carbons (Fsp3) is 0.300. The zero-order valence-electron chi connectivity index (χ0n) is 16.1. The molecule has 3 aromatic rings. The Hall–Kier alpha value is -3.49. The molecule has 0 bridgehead atoms. The maximum absolute atomic E-state index is 13.0. The molecule has 1 aromatic carbocycles. The summed E-state index contributed by atoms with van der Waals surface area (Å²) in [5.74, 6) is 1.26. The Morgan fingerprint density at radius 3 is 2.76 bits per heavy atom. The first-order valence-electron chi connectivity index (χ1n) is 9.44. The monoisotopic (exact) mass is 395 g/mol. The van der Waals surface area contributed by atoms with Gasteiger partial charge in [-0.1, -0.05) is 0 Å². The van der Waals surface area contributed by atoms with E-state index in [1.165, 1.54) is 18.5 Å². The number of nitrogens with one attached hydrogen (secondary N) is 1. The van der Waals surface area contributed by atoms with Crippen molar-refractivity contribution in [3.63, 3.8) is 0 Å². The molecular formula is C20H22FN7O. The molecule has 1 amide bonds. The quantitative estimate of drug-likeness (QED) is 0.685. The van der Waals surface area contributed by atoms with Crippen molar-refractivity contribution in [3.8, 4) is 5.69 Å². The summed E-state index contributed by atoms with van der Waals surface area (Å²) in [5.41, 5.74) is 1.73. The molecule has 150 valence electrons. The van der Waals surface area contributed by atoms with Crippen LogP contribution in [-0.2, 0) is 11.2 Å². The zero-order valence-corrected chi connectivity index (χ0v) is 16.1. The van der Waals surface area contributed by atoms with E-state index in [0.717, 1.165) is 23.7 Å². The van der Waals surface area contributed by atoms with Gasteiger partial charge < -0.3 is 15.1 Å². The lowest BCUT2D eigenvalue weighted by Gasteiger charge is -2.32. The van der Waals surface area contributed by atoms with E-state index in [0.29, 0.717) is 31.9 Å². The third kappa shape index (κ3) is 4.50. The van der Waals surface area contributed by atoms with Gasteiger partial charge in [-0.3, -0.25) is 4.79 Å². The number of piperazine rings is 1. The SMILES string of the molecule is CN1CCN(c2cc(NCCc3ccn(-c4ccc(F)cc4)n3)ncn2)CC1=O. The minimum Gasteiger partial charge on any atom is -0.370 e. The molecule has 0 spiro atoms. The van der Waals surface area contributed by atoms with Gasteiger partial charge in [-0.25, -0.2) is 19.0 Å². The van der Waals surface area contributed by atoms with E-state index < -0.39 is 0 Å². The van der Waals surface area contributed by atoms with Gasteiger partial charge >= 0.3 is 0 Å². The van der Waals surface area contributed by atoms with Crippen LogP contribution in [0.25, 0.3) is 5.69 Å². The molecule has 29 heavy (non-hydrogen) atoms. The molecule has 1 fully saturated rings. The van der Waals surface area contributed by atoms with Crippen LogP contribution < -0.4 is 10.2 Å². The molecule has 0 radical (unpaired) electrons. The van der Waals surface area contributed by atoms with E-state index in [9.17, 15) is 9.18 Å². The number of anilines is 2. The van der Waals surface area contributed by atoms with E-state index in [1.807, 2.05) is 30.3 Å². The van der Waals surface area contributed by atoms with Crippen LogP contribution in [0.2, 0.25) is 0 Å². The third-order valence-corrected chi connectivity index (χ3v) is 4.86. The van der Waals surface area contributed by atoms with E-state index in [4.69, 9.17) is 0 Å². The molecular weight excluding hydrogens is 373 g/mol. The number of nitrogens with zero attached hydrogens (tertiary/aromatic N) is 6. The maximum atomic E-state index is 13.0. The molecule has 0 atom stereocenters. The van der Waals surface area contributed by atoms with Crippen molar-refractivity contribution in [2.24, 2.45) is 0 Å². The van der Waals surface area contributed by atoms with Gasteiger partial charge in [0.2, 0.25) is 5.91 Å². The number of hydrogen-bond acceptors (Lipinski definition) is 6. The summed E-state index contributed by atoms with van der Waals surface area (Å²) in [7, 11) is 1.81. The average molecular weight is 395 g/mol. The summed E-state index contributed by atoms with van der Waals surface area (Å²) in [6.45, 7) is 2.41. The van der Waals surface area contributed by atoms with E-state index in [-0.39, 0.29) is 11.7 Å². The lowest BCUT2D eigenvalue weighted by Crippen LogP contribution is -2.48. The molecule has 4 rings (SSSR count). The summed E-state index contributed by atoms with van der Waals surface area (Å²) < 4.78 is 14.8. The molecule has 1 N–H and O–H groups in total. The topological polar surface area (TPSA) is 79.2 Å². The highest BCUT2D eigenvalue weighted by Gasteiger charge is 2.22. The van der Waals surface area contributed by atoms with Crippen molar-refractivity contribution >= 4 is 17.5 Å². The van der Waals surface area contributed by atoms with Crippen LogP contribution in [0, 0.1) is 5.82 Å². The first-order valence-corrected chi connectivity index (χ1v) is 9.44. The van der Waals surface area contributed by atoms with Gasteiger partial charge in [-0.05, 0) is 30.3 Å². The summed E-state index contributed by atoms with van der Waals surface area (Å²) >= 11 is 0. The van der Waals surface area contributed by atoms with Crippen molar-refractivity contribution < 1.29 is 9.18 Å². The number of aromatic nitrogens is 4. The number of halogens is 1. The molecule has 9 heteroatoms. The van der Waals surface area contributed by atoms with Crippen molar-refractivity contribution in [2.75, 3.05) is 43.4 Å². The van der Waals surface area contributed by atoms with Gasteiger partial charge in [0, 0.05) is 45.4 Å². The number of carbonyl (C=O) groups is 1. The predicted molar refractivity (Wildman–Crippen MR) is 108 cm³/mol. The van der Waals surface area contributed by atoms with E-state index in [1.54, 1.807) is 21.7 Å². The number of rotatable bonds is 6. The van der Waals surface area contributed by atoms with Crippen LogP contribution >= 0.6 is 0 Å². The number of amides is 1. The third-order valence-electron chi connectivity index (χ3n) is 4.86. The van der Waals surface area contributed by atoms with Crippen LogP contribution in [0.1, 0.15) is 5.69 Å². The first-order chi connectivity index (χ1) is 14.1. The Morgan fingerprint density at radius 1 is 1.14 bits per heavy atom. The lowest BCUT2D eigenvalue weighted by molar-refractivity contribution is -0.129. The van der Waals surface area contributed by atoms with E-state index in [2.05, 4.69) is 20.4 Å². The molecule has 2 aromatic heterocycles. The smallest absolute Gasteiger partial charge is 0.241 e. The van der Waals surface area contributed by atoms with Crippen molar-refractivity contribution in [2.45, 2.75) is 6.42 Å². The minimum atomic E-state index is -0.268. The largest absolute Gasteiger partial charge is 0.370 e. The maximum Gasteiger partial charge on any atom is 0.241 e. The Morgan fingerprint density at radius 2 is 1.97 bits per heavy atom. The number of carbonyl (C=O) groups excluding carboxylic acids is 1. The highest BCUT2D eigenvalue weighted by molar-refractivity contribution is 5.82. The summed E-state index contributed by atoms with van der Waals surface area (Å²) in [5, 5.41) is 7.80. The summed E-state index contributed by atoms with van der Waals surface area (Å²) in [6, 6.07) is 10.0. The van der Waals surface area contributed by atoms with Gasteiger partial charge in [0.15, 0.2) is 0 Å². The van der Waals surface area contributed by atoms with Crippen LogP contribution in [0.5, 0.6) is 0 Å². The predicted octanol–water partition coefficient (Wildman–Crippen LogP) is 1.73. The number of likely N-dealkylation sites (N-methyl/N-ethyl adjacent to an activating group) is 1. The van der Waals surface area contributed by atoms with Crippen LogP contribution in [-0.4, -0.2) is 63.8 Å². The first kappa shape index (κ1) is 18.9. The molecule has 3 heterocycles. The van der Waals surface area contributed by atoms with Crippen LogP contribution in [0.4, 0.5) is 16.0 Å². The second-order valence-corrected chi connectivity index (χ2v) is 6.90. The van der Waals surface area contributed by atoms with Gasteiger partial charge in [0.1, 0.15) is 23.8 Å². The molecule has 0 unspecified atom stereocenters. The van der Waals surface area contributed by atoms with Gasteiger partial charge in [-0.2, -0.15) is 5.10 Å². The fourth-order valence-corrected chi connectivity index (χ4v) is 3.12. The molecule has 0 aliphatic carbocycles. The normalized spacial score (nSPS) is 14.3. The Bertz CT molecular complexity index is 989. The van der Waals surface area contributed by atoms with Gasteiger partial charge in [0.05, 0.1) is 17.9 Å². The molecule has 8 nitrogen and oxygen atoms in total. The van der Waals surface area contributed by atoms with Crippen molar-refractivity contribution in [1.29, 1.82) is 0 Å². The number of benzene rings is 1. The number of hydrogen-bond donors (Lipinski definition) is 1. The fourth-order valence-electron chi connectivity index (χ4n) is 3.12. The standard InChI is InChI=1S/C20H22FN7O/c1-26-10-11-27(13-20(26)29)19-12-18(23-14-24-19)22-8-6-16-7-9-28(25-16)17-4-2-15(21)3-5-17/h2-5,7,9,12,14H,6,8,10-11,13H2,1H3,(H,22,23,24). The van der Waals surface area contributed by atoms with E-state index >= 15 is 0 Å². The highest BCUT2D eigenvalue weighted by atomic mass is 19.1. The van der Waals surface area contributed by atoms with Gasteiger partial charge in [0.25, 0.3) is 0 Å². The minimum absolute atomic E-state index is 0.0844. The van der Waals surface area contributed by atoms with Crippen LogP contribution in [0.15, 0.2) is 48.9 Å². The molecule has 1 aliphatic rings. The summed E-state index contributed by atoms with van der Waals surface area (Å²) in [4.78, 5) is 24.1. The summed E-state index contributed by atoms with van der Waals surface area (Å²) in [6.07, 6.45) is 4.07. The molecule has 1 aliphatic heterocycles. The highest BCUT2D eigenvalue weighted by Crippen LogP contribution is 2.16. The Kier molecular flexibility index (Phi) is 5.37. The van der Waals surface area contributed by atoms with Crippen LogP contribution in [0.3, 0.4) is 0 Å². The molecule has 1 saturated heterocycles. The average Bonchev–Trinajstić information content (AvgIpc) is 3.20. The van der Waals surface area contributed by atoms with Crippen molar-refractivity contribution in [3.05, 3.63) is 60.4 Å². The lowest BCUT2D eigenvalue weighted by atomic mass is 10.3. The second kappa shape index (κ2) is 8.26. The second-order valence-electron chi connectivity index (χ2n) is 6.90.